The van der Waals surface area contributed by atoms with Crippen LogP contribution in [0.4, 0.5) is 0 Å². The lowest BCUT2D eigenvalue weighted by Gasteiger charge is -2.06. The van der Waals surface area contributed by atoms with Gasteiger partial charge in [0.1, 0.15) is 0 Å². The second-order valence-electron chi connectivity index (χ2n) is 3.29. The zero-order chi connectivity index (χ0) is 11.4. The highest BCUT2D eigenvalue weighted by atomic mass is 32.1. The molecule has 0 heterocycles. The normalized spacial score (nSPS) is 9.81. The Morgan fingerprint density at radius 1 is 0.938 bits per heavy atom. The molecule has 0 amide bonds. The van der Waals surface area contributed by atoms with Crippen LogP contribution in [0.25, 0.3) is 11.1 Å². The lowest BCUT2D eigenvalue weighted by molar-refractivity contribution is 0.0773. The van der Waals surface area contributed by atoms with Gasteiger partial charge in [0, 0.05) is 12.9 Å². The maximum atomic E-state index is 11.5. The van der Waals surface area contributed by atoms with Crippen LogP contribution in [0.15, 0.2) is 54.6 Å². The summed E-state index contributed by atoms with van der Waals surface area (Å²) >= 11 is 3.54. The minimum atomic E-state index is -0.442. The molecule has 0 aliphatic rings. The van der Waals surface area contributed by atoms with E-state index in [0.717, 1.165) is 11.1 Å². The van der Waals surface area contributed by atoms with E-state index >= 15 is 0 Å². The smallest absolute Gasteiger partial charge is 0.350 e. The van der Waals surface area contributed by atoms with E-state index in [0.29, 0.717) is 5.56 Å². The van der Waals surface area contributed by atoms with Gasteiger partial charge in [-0.15, -0.1) is 0 Å². The average molecular weight is 230 g/mol. The van der Waals surface area contributed by atoms with Crippen LogP contribution in [0, 0.1) is 0 Å². The van der Waals surface area contributed by atoms with Gasteiger partial charge in [0.25, 0.3) is 0 Å². The highest BCUT2D eigenvalue weighted by Gasteiger charge is 2.12. The molecule has 2 rings (SSSR count). The molecule has 0 radical (unpaired) electrons. The van der Waals surface area contributed by atoms with E-state index in [4.69, 9.17) is 0 Å². The molecule has 0 atom stereocenters. The number of thiol groups is 1. The van der Waals surface area contributed by atoms with Gasteiger partial charge < -0.3 is 4.18 Å². The number of rotatable bonds is 2. The second-order valence-corrected chi connectivity index (χ2v) is 3.47. The Balaban J connectivity index is 2.53. The summed E-state index contributed by atoms with van der Waals surface area (Å²) in [4.78, 5) is 11.5. The van der Waals surface area contributed by atoms with Gasteiger partial charge in [0.2, 0.25) is 0 Å². The molecule has 80 valence electrons. The summed E-state index contributed by atoms with van der Waals surface area (Å²) in [6.07, 6.45) is 0. The average Bonchev–Trinajstić information content (AvgIpc) is 2.39. The summed E-state index contributed by atoms with van der Waals surface area (Å²) in [7, 11) is 0. The highest BCUT2D eigenvalue weighted by molar-refractivity contribution is 7.75. The van der Waals surface area contributed by atoms with Crippen molar-refractivity contribution in [3.05, 3.63) is 60.2 Å². The minimum absolute atomic E-state index is 0.442. The van der Waals surface area contributed by atoms with Crippen LogP contribution >= 0.6 is 12.9 Å². The van der Waals surface area contributed by atoms with Gasteiger partial charge in [0.15, 0.2) is 0 Å². The topological polar surface area (TPSA) is 26.3 Å². The molecule has 2 aromatic rings. The molecule has 16 heavy (non-hydrogen) atoms. The van der Waals surface area contributed by atoms with Crippen LogP contribution < -0.4 is 0 Å². The van der Waals surface area contributed by atoms with E-state index in [-0.39, 0.29) is 0 Å². The zero-order valence-corrected chi connectivity index (χ0v) is 9.35. The predicted molar refractivity (Wildman–Crippen MR) is 66.3 cm³/mol. The van der Waals surface area contributed by atoms with Gasteiger partial charge in [0.05, 0.1) is 5.56 Å². The molecule has 0 saturated heterocycles. The molecule has 0 N–H and O–H groups in total. The molecule has 2 aromatic carbocycles. The number of carbonyl (C=O) groups excluding carboxylic acids is 1. The van der Waals surface area contributed by atoms with E-state index in [9.17, 15) is 4.79 Å². The predicted octanol–water partition coefficient (Wildman–Crippen LogP) is 3.36. The van der Waals surface area contributed by atoms with Crippen molar-refractivity contribution in [1.29, 1.82) is 0 Å². The van der Waals surface area contributed by atoms with Crippen LogP contribution in [0.3, 0.4) is 0 Å². The summed E-state index contributed by atoms with van der Waals surface area (Å²) in [6.45, 7) is 0. The molecule has 0 fully saturated rings. The molecular formula is C13H10O2S. The Kier molecular flexibility index (Phi) is 3.27. The van der Waals surface area contributed by atoms with E-state index in [1.165, 1.54) is 0 Å². The lowest BCUT2D eigenvalue weighted by atomic mass is 10.00. The first kappa shape index (κ1) is 10.8. The summed E-state index contributed by atoms with van der Waals surface area (Å²) in [5.41, 5.74) is 2.35. The Labute approximate surface area is 99.5 Å². The third-order valence-corrected chi connectivity index (χ3v) is 2.48. The molecule has 0 spiro atoms. The summed E-state index contributed by atoms with van der Waals surface area (Å²) in [6, 6.07) is 17.0. The van der Waals surface area contributed by atoms with Crippen LogP contribution in [-0.4, -0.2) is 5.97 Å². The van der Waals surface area contributed by atoms with Gasteiger partial charge in [-0.05, 0) is 17.2 Å². The van der Waals surface area contributed by atoms with Gasteiger partial charge in [-0.2, -0.15) is 0 Å². The fourth-order valence-electron chi connectivity index (χ4n) is 1.58. The standard InChI is InChI=1S/C13H10O2S/c14-13(15-16)12-9-5-4-8-11(12)10-6-2-1-3-7-10/h1-9,16H. The fourth-order valence-corrected chi connectivity index (χ4v) is 1.68. The van der Waals surface area contributed by atoms with E-state index in [1.807, 2.05) is 42.5 Å². The van der Waals surface area contributed by atoms with Gasteiger partial charge >= 0.3 is 5.97 Å². The first-order valence-corrected chi connectivity index (χ1v) is 5.19. The number of hydrogen-bond donors (Lipinski definition) is 1. The van der Waals surface area contributed by atoms with Crippen molar-refractivity contribution >= 4 is 18.9 Å². The molecule has 0 unspecified atom stereocenters. The molecule has 2 nitrogen and oxygen atoms in total. The third kappa shape index (κ3) is 2.09. The van der Waals surface area contributed by atoms with Crippen molar-refractivity contribution in [3.8, 4) is 11.1 Å². The van der Waals surface area contributed by atoms with Crippen molar-refractivity contribution in [2.24, 2.45) is 0 Å². The Bertz CT molecular complexity index is 494. The van der Waals surface area contributed by atoms with Crippen LogP contribution in [0.1, 0.15) is 10.4 Å². The lowest BCUT2D eigenvalue weighted by Crippen LogP contribution is -2.00. The Morgan fingerprint density at radius 2 is 1.56 bits per heavy atom. The fraction of sp³-hybridized carbons (Fsp3) is 0. The van der Waals surface area contributed by atoms with E-state index in [1.54, 1.807) is 12.1 Å². The first-order chi connectivity index (χ1) is 7.83. The maximum absolute atomic E-state index is 11.5. The SMILES string of the molecule is O=C(OS)c1ccccc1-c1ccccc1. The molecule has 0 saturated carbocycles. The maximum Gasteiger partial charge on any atom is 0.350 e. The van der Waals surface area contributed by atoms with Crippen molar-refractivity contribution in [2.75, 3.05) is 0 Å². The first-order valence-electron chi connectivity index (χ1n) is 4.83. The highest BCUT2D eigenvalue weighted by Crippen LogP contribution is 2.24. The van der Waals surface area contributed by atoms with Crippen LogP contribution in [0.5, 0.6) is 0 Å². The van der Waals surface area contributed by atoms with Crippen LogP contribution in [-0.2, 0) is 4.18 Å². The van der Waals surface area contributed by atoms with Crippen molar-refractivity contribution in [3.63, 3.8) is 0 Å². The van der Waals surface area contributed by atoms with E-state index in [2.05, 4.69) is 17.1 Å². The molecular weight excluding hydrogens is 220 g/mol. The zero-order valence-electron chi connectivity index (χ0n) is 8.46. The summed E-state index contributed by atoms with van der Waals surface area (Å²) in [5, 5.41) is 0. The van der Waals surface area contributed by atoms with Gasteiger partial charge in [-0.3, -0.25) is 0 Å². The van der Waals surface area contributed by atoms with Crippen molar-refractivity contribution in [1.82, 2.24) is 0 Å². The van der Waals surface area contributed by atoms with Crippen molar-refractivity contribution < 1.29 is 8.98 Å². The number of hydrogen-bond acceptors (Lipinski definition) is 3. The molecule has 0 bridgehead atoms. The number of carbonyl (C=O) groups is 1. The monoisotopic (exact) mass is 230 g/mol. The van der Waals surface area contributed by atoms with E-state index < -0.39 is 5.97 Å². The second kappa shape index (κ2) is 4.86. The van der Waals surface area contributed by atoms with Crippen molar-refractivity contribution in [2.45, 2.75) is 0 Å². The molecule has 0 aliphatic carbocycles. The largest absolute Gasteiger partial charge is 0.391 e. The quantitative estimate of drug-likeness (QED) is 0.632. The third-order valence-electron chi connectivity index (χ3n) is 2.31. The summed E-state index contributed by atoms with van der Waals surface area (Å²) < 4.78 is 4.45. The molecule has 3 heteroatoms. The van der Waals surface area contributed by atoms with Crippen LogP contribution in [0.2, 0.25) is 0 Å². The summed E-state index contributed by atoms with van der Waals surface area (Å²) in [5.74, 6) is -0.442. The molecule has 0 aromatic heterocycles. The Morgan fingerprint density at radius 3 is 2.25 bits per heavy atom. The van der Waals surface area contributed by atoms with Gasteiger partial charge in [-0.25, -0.2) is 4.79 Å². The van der Waals surface area contributed by atoms with Gasteiger partial charge in [-0.1, -0.05) is 48.5 Å². The Hall–Kier alpha value is -1.74. The minimum Gasteiger partial charge on any atom is -0.391 e. The number of benzene rings is 2. The molecule has 0 aliphatic heterocycles.